The Labute approximate surface area is 158 Å². The molecule has 1 aliphatic heterocycles. The summed E-state index contributed by atoms with van der Waals surface area (Å²) in [5, 5.41) is 5.52. The number of para-hydroxylation sites is 2. The van der Waals surface area contributed by atoms with Gasteiger partial charge in [0, 0.05) is 18.8 Å². The van der Waals surface area contributed by atoms with E-state index in [1.54, 1.807) is 49.4 Å². The summed E-state index contributed by atoms with van der Waals surface area (Å²) in [6.45, 7) is 3.95. The van der Waals surface area contributed by atoms with Crippen LogP contribution in [0.15, 0.2) is 42.5 Å². The molecule has 2 aromatic carbocycles. The number of hydrogen-bond donors (Lipinski definition) is 2. The highest BCUT2D eigenvalue weighted by atomic mass is 16.5. The molecule has 3 amide bonds. The molecule has 142 valence electrons. The predicted molar refractivity (Wildman–Crippen MR) is 105 cm³/mol. The number of urea groups is 1. The van der Waals surface area contributed by atoms with E-state index in [4.69, 9.17) is 9.47 Å². The number of nitrogens with zero attached hydrogens (tertiary/aromatic N) is 1. The molecule has 2 N–H and O–H groups in total. The van der Waals surface area contributed by atoms with E-state index in [2.05, 4.69) is 10.6 Å². The van der Waals surface area contributed by atoms with Crippen molar-refractivity contribution in [1.29, 1.82) is 0 Å². The molecule has 3 rings (SSSR count). The Morgan fingerprint density at radius 1 is 1.19 bits per heavy atom. The molecule has 0 aromatic heterocycles. The van der Waals surface area contributed by atoms with Crippen LogP contribution in [-0.2, 0) is 4.79 Å². The topological polar surface area (TPSA) is 79.9 Å². The van der Waals surface area contributed by atoms with Gasteiger partial charge in [-0.2, -0.15) is 0 Å². The maximum absolute atomic E-state index is 12.5. The molecule has 1 heterocycles. The van der Waals surface area contributed by atoms with Gasteiger partial charge in [-0.05, 0) is 38.1 Å². The molecule has 0 saturated heterocycles. The maximum atomic E-state index is 12.5. The number of nitrogens with one attached hydrogen (secondary N) is 2. The molecule has 0 bridgehead atoms. The molecule has 0 spiro atoms. The van der Waals surface area contributed by atoms with E-state index in [-0.39, 0.29) is 12.5 Å². The Hall–Kier alpha value is -3.22. The quantitative estimate of drug-likeness (QED) is 0.864. The van der Waals surface area contributed by atoms with E-state index in [0.29, 0.717) is 28.6 Å². The molecule has 0 atom stereocenters. The molecule has 0 saturated carbocycles. The van der Waals surface area contributed by atoms with Crippen LogP contribution in [0.4, 0.5) is 21.9 Å². The zero-order valence-corrected chi connectivity index (χ0v) is 15.8. The molecule has 7 heteroatoms. The minimum atomic E-state index is -0.622. The molecule has 7 nitrogen and oxygen atoms in total. The predicted octanol–water partition coefficient (Wildman–Crippen LogP) is 3.72. The van der Waals surface area contributed by atoms with E-state index >= 15 is 0 Å². The summed E-state index contributed by atoms with van der Waals surface area (Å²) in [7, 11) is 3.26. The van der Waals surface area contributed by atoms with Crippen molar-refractivity contribution in [3.63, 3.8) is 0 Å². The monoisotopic (exact) mass is 369 g/mol. The van der Waals surface area contributed by atoms with Crippen LogP contribution in [0.25, 0.3) is 0 Å². The number of amides is 3. The van der Waals surface area contributed by atoms with Gasteiger partial charge in [-0.1, -0.05) is 12.1 Å². The largest absolute Gasteiger partial charge is 0.495 e. The van der Waals surface area contributed by atoms with Crippen LogP contribution in [0, 0.1) is 5.41 Å². The van der Waals surface area contributed by atoms with Crippen molar-refractivity contribution < 1.29 is 19.1 Å². The molecule has 1 aliphatic rings. The van der Waals surface area contributed by atoms with Crippen molar-refractivity contribution in [2.75, 3.05) is 36.3 Å². The average molecular weight is 369 g/mol. The highest BCUT2D eigenvalue weighted by molar-refractivity contribution is 6.02. The fourth-order valence-corrected chi connectivity index (χ4v) is 2.90. The number of fused-ring (bicyclic) bond motifs is 1. The van der Waals surface area contributed by atoms with Gasteiger partial charge in [-0.15, -0.1) is 0 Å². The van der Waals surface area contributed by atoms with Crippen molar-refractivity contribution >= 4 is 29.0 Å². The number of carbonyl (C=O) groups is 2. The first-order valence-electron chi connectivity index (χ1n) is 8.58. The third-order valence-corrected chi connectivity index (χ3v) is 4.41. The van der Waals surface area contributed by atoms with Crippen molar-refractivity contribution in [3.05, 3.63) is 42.5 Å². The van der Waals surface area contributed by atoms with Gasteiger partial charge in [0.05, 0.1) is 23.9 Å². The Morgan fingerprint density at radius 3 is 2.67 bits per heavy atom. The van der Waals surface area contributed by atoms with Gasteiger partial charge in [-0.25, -0.2) is 4.79 Å². The fraction of sp³-hybridized carbons (Fsp3) is 0.300. The van der Waals surface area contributed by atoms with Crippen LogP contribution in [0.3, 0.4) is 0 Å². The van der Waals surface area contributed by atoms with Gasteiger partial charge in [0.2, 0.25) is 5.91 Å². The summed E-state index contributed by atoms with van der Waals surface area (Å²) in [5.74, 6) is 1.10. The Morgan fingerprint density at radius 2 is 1.93 bits per heavy atom. The number of benzene rings is 2. The first kappa shape index (κ1) is 18.6. The highest BCUT2D eigenvalue weighted by Gasteiger charge is 2.36. The van der Waals surface area contributed by atoms with Crippen molar-refractivity contribution in [2.24, 2.45) is 5.41 Å². The smallest absolute Gasteiger partial charge is 0.323 e. The average Bonchev–Trinajstić information content (AvgIpc) is 2.73. The normalized spacial score (nSPS) is 15.3. The number of hydrogen-bond acceptors (Lipinski definition) is 4. The standard InChI is InChI=1S/C20H23N3O4/c1-20(2)12-27-17-11-13(9-10-15(17)23(3)18(20)24)21-19(25)22-14-7-5-6-8-16(14)26-4/h5-11H,12H2,1-4H3,(H2,21,22,25). The minimum Gasteiger partial charge on any atom is -0.495 e. The number of rotatable bonds is 3. The molecule has 0 unspecified atom stereocenters. The van der Waals surface area contributed by atoms with Crippen molar-refractivity contribution in [2.45, 2.75) is 13.8 Å². The summed E-state index contributed by atoms with van der Waals surface area (Å²) in [6, 6.07) is 11.9. The lowest BCUT2D eigenvalue weighted by Gasteiger charge is -2.24. The summed E-state index contributed by atoms with van der Waals surface area (Å²) in [4.78, 5) is 26.4. The molecule has 0 radical (unpaired) electrons. The van der Waals surface area contributed by atoms with E-state index in [9.17, 15) is 9.59 Å². The van der Waals surface area contributed by atoms with Crippen molar-refractivity contribution in [1.82, 2.24) is 0 Å². The molecule has 27 heavy (non-hydrogen) atoms. The first-order valence-corrected chi connectivity index (χ1v) is 8.58. The van der Waals surface area contributed by atoms with Gasteiger partial charge < -0.3 is 25.0 Å². The molecule has 0 aliphatic carbocycles. The Kier molecular flexibility index (Phi) is 4.94. The van der Waals surface area contributed by atoms with Crippen LogP contribution in [-0.4, -0.2) is 32.7 Å². The Bertz CT molecular complexity index is 879. The zero-order chi connectivity index (χ0) is 19.6. The van der Waals surface area contributed by atoms with Crippen LogP contribution in [0.2, 0.25) is 0 Å². The maximum Gasteiger partial charge on any atom is 0.323 e. The lowest BCUT2D eigenvalue weighted by molar-refractivity contribution is -0.127. The van der Waals surface area contributed by atoms with E-state index in [0.717, 1.165) is 0 Å². The third-order valence-electron chi connectivity index (χ3n) is 4.41. The number of ether oxygens (including phenoxy) is 2. The molecule has 0 fully saturated rings. The minimum absolute atomic E-state index is 0.0177. The molecular formula is C20H23N3O4. The van der Waals surface area contributed by atoms with E-state index in [1.807, 2.05) is 26.0 Å². The summed E-state index contributed by atoms with van der Waals surface area (Å²) < 4.78 is 11.1. The van der Waals surface area contributed by atoms with Crippen LogP contribution >= 0.6 is 0 Å². The van der Waals surface area contributed by atoms with Crippen LogP contribution in [0.1, 0.15) is 13.8 Å². The second-order valence-corrected chi connectivity index (χ2v) is 7.00. The second-order valence-electron chi connectivity index (χ2n) is 7.00. The van der Waals surface area contributed by atoms with Crippen molar-refractivity contribution in [3.8, 4) is 11.5 Å². The van der Waals surface area contributed by atoms with Gasteiger partial charge in [-0.3, -0.25) is 4.79 Å². The molecule has 2 aromatic rings. The van der Waals surface area contributed by atoms with Gasteiger partial charge >= 0.3 is 6.03 Å². The molecular weight excluding hydrogens is 346 g/mol. The highest BCUT2D eigenvalue weighted by Crippen LogP contribution is 2.37. The fourth-order valence-electron chi connectivity index (χ4n) is 2.90. The van der Waals surface area contributed by atoms with Gasteiger partial charge in [0.25, 0.3) is 0 Å². The Balaban J connectivity index is 1.77. The number of methoxy groups -OCH3 is 1. The van der Waals surface area contributed by atoms with Gasteiger partial charge in [0.1, 0.15) is 18.1 Å². The number of carbonyl (C=O) groups excluding carboxylic acids is 2. The van der Waals surface area contributed by atoms with E-state index in [1.165, 1.54) is 0 Å². The zero-order valence-electron chi connectivity index (χ0n) is 15.8. The summed E-state index contributed by atoms with van der Waals surface area (Å²) >= 11 is 0. The first-order chi connectivity index (χ1) is 12.8. The second kappa shape index (κ2) is 7.19. The SMILES string of the molecule is COc1ccccc1NC(=O)Nc1ccc2c(c1)OCC(C)(C)C(=O)N2C. The van der Waals surface area contributed by atoms with Gasteiger partial charge in [0.15, 0.2) is 0 Å². The lowest BCUT2D eigenvalue weighted by Crippen LogP contribution is -2.39. The lowest BCUT2D eigenvalue weighted by atomic mass is 9.93. The third kappa shape index (κ3) is 3.81. The van der Waals surface area contributed by atoms with E-state index < -0.39 is 11.4 Å². The summed E-state index contributed by atoms with van der Waals surface area (Å²) in [5.41, 5.74) is 1.17. The van der Waals surface area contributed by atoms with Crippen LogP contribution in [0.5, 0.6) is 11.5 Å². The summed E-state index contributed by atoms with van der Waals surface area (Å²) in [6.07, 6.45) is 0. The number of anilines is 3. The van der Waals surface area contributed by atoms with Crippen LogP contribution < -0.4 is 25.0 Å².